The van der Waals surface area contributed by atoms with Gasteiger partial charge in [-0.2, -0.15) is 0 Å². The molecule has 0 aliphatic heterocycles. The lowest BCUT2D eigenvalue weighted by Crippen LogP contribution is -2.26. The lowest BCUT2D eigenvalue weighted by atomic mass is 10.0. The van der Waals surface area contributed by atoms with Crippen LogP contribution in [0.1, 0.15) is 65.3 Å². The van der Waals surface area contributed by atoms with Crippen molar-refractivity contribution in [1.29, 1.82) is 0 Å². The van der Waals surface area contributed by atoms with Crippen LogP contribution in [0.2, 0.25) is 0 Å². The van der Waals surface area contributed by atoms with Gasteiger partial charge in [0.1, 0.15) is 5.82 Å². The van der Waals surface area contributed by atoms with Crippen molar-refractivity contribution in [2.24, 2.45) is 5.92 Å². The van der Waals surface area contributed by atoms with Gasteiger partial charge in [0, 0.05) is 24.6 Å². The first kappa shape index (κ1) is 21.5. The van der Waals surface area contributed by atoms with Gasteiger partial charge in [0.2, 0.25) is 5.91 Å². The number of carbonyl (C=O) groups excluding carboxylic acids is 3. The number of nitrogens with one attached hydrogen (secondary N) is 3. The van der Waals surface area contributed by atoms with E-state index in [-0.39, 0.29) is 17.7 Å². The van der Waals surface area contributed by atoms with Crippen molar-refractivity contribution < 1.29 is 14.4 Å². The van der Waals surface area contributed by atoms with Crippen LogP contribution in [0.5, 0.6) is 0 Å². The Bertz CT molecular complexity index is 919. The fourth-order valence-corrected chi connectivity index (χ4v) is 3.72. The van der Waals surface area contributed by atoms with Crippen LogP contribution in [0, 0.1) is 12.8 Å². The molecule has 0 spiro atoms. The Morgan fingerprint density at radius 1 is 1.03 bits per heavy atom. The topological polar surface area (TPSA) is 100 Å². The Balaban J connectivity index is 1.61. The summed E-state index contributed by atoms with van der Waals surface area (Å²) in [7, 11) is 0. The van der Waals surface area contributed by atoms with Crippen LogP contribution in [-0.4, -0.2) is 29.3 Å². The minimum Gasteiger partial charge on any atom is -0.352 e. The number of hydrogen-bond acceptors (Lipinski definition) is 4. The third kappa shape index (κ3) is 5.89. The highest BCUT2D eigenvalue weighted by Crippen LogP contribution is 2.27. The lowest BCUT2D eigenvalue weighted by molar-refractivity contribution is -0.114. The van der Waals surface area contributed by atoms with Gasteiger partial charge in [-0.15, -0.1) is 0 Å². The molecule has 0 unspecified atom stereocenters. The van der Waals surface area contributed by atoms with Crippen molar-refractivity contribution in [1.82, 2.24) is 10.3 Å². The summed E-state index contributed by atoms with van der Waals surface area (Å²) in [4.78, 5) is 40.4. The number of anilines is 2. The number of nitrogens with zero attached hydrogens (tertiary/aromatic N) is 1. The molecule has 1 aliphatic rings. The second-order valence-corrected chi connectivity index (χ2v) is 7.79. The summed E-state index contributed by atoms with van der Waals surface area (Å²) in [5.74, 6) is 0.432. The molecule has 0 radical (unpaired) electrons. The van der Waals surface area contributed by atoms with E-state index in [0.717, 1.165) is 17.9 Å². The molecule has 0 saturated heterocycles. The first-order valence-electron chi connectivity index (χ1n) is 10.4. The molecule has 30 heavy (non-hydrogen) atoms. The third-order valence-corrected chi connectivity index (χ3v) is 5.38. The van der Waals surface area contributed by atoms with Crippen LogP contribution in [0.25, 0.3) is 0 Å². The van der Waals surface area contributed by atoms with E-state index in [2.05, 4.69) is 20.9 Å². The zero-order valence-electron chi connectivity index (χ0n) is 17.5. The number of pyridine rings is 1. The van der Waals surface area contributed by atoms with Gasteiger partial charge in [-0.05, 0) is 49.1 Å². The minimum atomic E-state index is -0.317. The Labute approximate surface area is 176 Å². The van der Waals surface area contributed by atoms with Gasteiger partial charge in [-0.1, -0.05) is 31.7 Å². The van der Waals surface area contributed by atoms with Crippen LogP contribution < -0.4 is 16.0 Å². The second-order valence-electron chi connectivity index (χ2n) is 7.79. The van der Waals surface area contributed by atoms with Gasteiger partial charge in [-0.25, -0.2) is 4.98 Å². The molecule has 0 bridgehead atoms. The quantitative estimate of drug-likeness (QED) is 0.647. The summed E-state index contributed by atoms with van der Waals surface area (Å²) in [6, 6.07) is 8.40. The highest BCUT2D eigenvalue weighted by atomic mass is 16.2. The van der Waals surface area contributed by atoms with Crippen LogP contribution >= 0.6 is 0 Å². The monoisotopic (exact) mass is 408 g/mol. The molecule has 0 atom stereocenters. The summed E-state index contributed by atoms with van der Waals surface area (Å²) in [5, 5.41) is 8.32. The molecule has 1 heterocycles. The number of aryl methyl sites for hydroxylation is 1. The zero-order chi connectivity index (χ0) is 21.5. The Hall–Kier alpha value is -3.22. The number of amides is 3. The van der Waals surface area contributed by atoms with E-state index in [1.54, 1.807) is 30.3 Å². The van der Waals surface area contributed by atoms with E-state index in [4.69, 9.17) is 0 Å². The van der Waals surface area contributed by atoms with Gasteiger partial charge in [0.05, 0.1) is 11.9 Å². The van der Waals surface area contributed by atoms with Crippen LogP contribution in [0.4, 0.5) is 11.5 Å². The van der Waals surface area contributed by atoms with Crippen LogP contribution in [0.3, 0.4) is 0 Å². The molecule has 1 aromatic heterocycles. The van der Waals surface area contributed by atoms with E-state index < -0.39 is 0 Å². The smallest absolute Gasteiger partial charge is 0.255 e. The molecule has 3 amide bonds. The molecule has 1 saturated carbocycles. The van der Waals surface area contributed by atoms with Crippen molar-refractivity contribution in [2.45, 2.75) is 46.0 Å². The van der Waals surface area contributed by atoms with E-state index in [9.17, 15) is 14.4 Å². The Morgan fingerprint density at radius 2 is 1.80 bits per heavy atom. The fourth-order valence-electron chi connectivity index (χ4n) is 3.72. The average molecular weight is 409 g/mol. The van der Waals surface area contributed by atoms with Gasteiger partial charge in [0.15, 0.2) is 0 Å². The summed E-state index contributed by atoms with van der Waals surface area (Å²) in [5.41, 5.74) is 2.18. The second kappa shape index (κ2) is 10.0. The zero-order valence-corrected chi connectivity index (χ0v) is 17.5. The third-order valence-electron chi connectivity index (χ3n) is 5.38. The molecule has 1 aromatic carbocycles. The fraction of sp³-hybridized carbons (Fsp3) is 0.391. The van der Waals surface area contributed by atoms with Crippen molar-refractivity contribution in [3.05, 3.63) is 53.2 Å². The van der Waals surface area contributed by atoms with Gasteiger partial charge in [-0.3, -0.25) is 14.4 Å². The standard InChI is InChI=1S/C23H28N4O3/c1-15-7-8-18(22(29)24-12-11-17-5-3-4-6-17)13-20(15)23(30)27-19-9-10-21(25-14-19)26-16(2)28/h7-10,13-14,17H,3-6,11-12H2,1-2H3,(H,24,29)(H,27,30)(H,25,26,28). The summed E-state index contributed by atoms with van der Waals surface area (Å²) >= 11 is 0. The van der Waals surface area contributed by atoms with E-state index in [0.29, 0.717) is 29.2 Å². The van der Waals surface area contributed by atoms with Crippen molar-refractivity contribution in [2.75, 3.05) is 17.2 Å². The lowest BCUT2D eigenvalue weighted by Gasteiger charge is -2.12. The number of hydrogen-bond donors (Lipinski definition) is 3. The van der Waals surface area contributed by atoms with Gasteiger partial charge >= 0.3 is 0 Å². The average Bonchev–Trinajstić information content (AvgIpc) is 3.23. The maximum Gasteiger partial charge on any atom is 0.255 e. The van der Waals surface area contributed by atoms with E-state index >= 15 is 0 Å². The number of rotatable bonds is 7. The predicted octanol–water partition coefficient (Wildman–Crippen LogP) is 3.91. The van der Waals surface area contributed by atoms with Crippen LogP contribution in [-0.2, 0) is 4.79 Å². The first-order chi connectivity index (χ1) is 14.4. The molecular formula is C23H28N4O3. The maximum atomic E-state index is 12.7. The predicted molar refractivity (Wildman–Crippen MR) is 117 cm³/mol. The maximum absolute atomic E-state index is 12.7. The van der Waals surface area contributed by atoms with Gasteiger partial charge in [0.25, 0.3) is 11.8 Å². The molecule has 1 fully saturated rings. The minimum absolute atomic E-state index is 0.164. The van der Waals surface area contributed by atoms with Crippen LogP contribution in [0.15, 0.2) is 36.5 Å². The Kier molecular flexibility index (Phi) is 7.17. The molecule has 3 rings (SSSR count). The van der Waals surface area contributed by atoms with E-state index in [1.807, 2.05) is 6.92 Å². The molecule has 7 heteroatoms. The summed E-state index contributed by atoms with van der Waals surface area (Å²) in [6.45, 7) is 3.89. The molecule has 7 nitrogen and oxygen atoms in total. The van der Waals surface area contributed by atoms with Crippen molar-refractivity contribution in [3.8, 4) is 0 Å². The number of benzene rings is 1. The molecule has 2 aromatic rings. The SMILES string of the molecule is CC(=O)Nc1ccc(NC(=O)c2cc(C(=O)NCCC3CCCC3)ccc2C)cn1. The highest BCUT2D eigenvalue weighted by Gasteiger charge is 2.16. The number of carbonyl (C=O) groups is 3. The normalized spacial score (nSPS) is 13.7. The largest absolute Gasteiger partial charge is 0.352 e. The number of aromatic nitrogens is 1. The summed E-state index contributed by atoms with van der Waals surface area (Å²) in [6.07, 6.45) is 7.57. The highest BCUT2D eigenvalue weighted by molar-refractivity contribution is 6.07. The molecule has 1 aliphatic carbocycles. The molecule has 158 valence electrons. The van der Waals surface area contributed by atoms with E-state index in [1.165, 1.54) is 38.8 Å². The van der Waals surface area contributed by atoms with Crippen molar-refractivity contribution >= 4 is 29.2 Å². The van der Waals surface area contributed by atoms with Gasteiger partial charge < -0.3 is 16.0 Å². The molecule has 3 N–H and O–H groups in total. The molecular weight excluding hydrogens is 380 g/mol. The Morgan fingerprint density at radius 3 is 2.47 bits per heavy atom. The van der Waals surface area contributed by atoms with Crippen molar-refractivity contribution in [3.63, 3.8) is 0 Å². The first-order valence-corrected chi connectivity index (χ1v) is 10.4. The summed E-state index contributed by atoms with van der Waals surface area (Å²) < 4.78 is 0.